The van der Waals surface area contributed by atoms with E-state index < -0.39 is 11.9 Å². The lowest BCUT2D eigenvalue weighted by Crippen LogP contribution is -2.28. The lowest BCUT2D eigenvalue weighted by molar-refractivity contribution is -0.140. The van der Waals surface area contributed by atoms with Crippen molar-refractivity contribution in [3.8, 4) is 0 Å². The first kappa shape index (κ1) is 23.8. The zero-order valence-electron chi connectivity index (χ0n) is 19.2. The van der Waals surface area contributed by atoms with Crippen molar-refractivity contribution in [3.63, 3.8) is 0 Å². The summed E-state index contributed by atoms with van der Waals surface area (Å²) >= 11 is 6.07. The van der Waals surface area contributed by atoms with Crippen LogP contribution in [0.2, 0.25) is 5.02 Å². The van der Waals surface area contributed by atoms with E-state index in [-0.39, 0.29) is 24.7 Å². The standard InChI is InChI=1S/C25H27ClN4O4/c1-15-13-17(6-7-18(15)25(33)30-11-3-4-12-30)27-24(32)19(8-10-22(31)34-2)23-28-20-9-5-16(26)14-21(20)29-23/h5-7,9,13-14,19H,3-4,8,10-12H2,1-2H3,(H,27,32)(H,28,29). The van der Waals surface area contributed by atoms with E-state index in [0.717, 1.165) is 31.5 Å². The minimum atomic E-state index is -0.712. The number of fused-ring (bicyclic) bond motifs is 1. The number of methoxy groups -OCH3 is 1. The van der Waals surface area contributed by atoms with Crippen molar-refractivity contribution in [2.45, 2.75) is 38.5 Å². The molecule has 2 heterocycles. The number of hydrogen-bond donors (Lipinski definition) is 2. The van der Waals surface area contributed by atoms with Gasteiger partial charge in [-0.1, -0.05) is 11.6 Å². The average Bonchev–Trinajstić information content (AvgIpc) is 3.48. The zero-order chi connectivity index (χ0) is 24.2. The second-order valence-corrected chi connectivity index (χ2v) is 8.91. The summed E-state index contributed by atoms with van der Waals surface area (Å²) in [6.45, 7) is 3.42. The number of H-pyrrole nitrogens is 1. The lowest BCUT2D eigenvalue weighted by Gasteiger charge is -2.18. The van der Waals surface area contributed by atoms with E-state index in [0.29, 0.717) is 33.1 Å². The van der Waals surface area contributed by atoms with Crippen LogP contribution in [0.1, 0.15) is 53.3 Å². The van der Waals surface area contributed by atoms with Crippen molar-refractivity contribution >= 4 is 46.1 Å². The molecule has 9 heteroatoms. The Labute approximate surface area is 202 Å². The van der Waals surface area contributed by atoms with Gasteiger partial charge < -0.3 is 19.9 Å². The number of aromatic nitrogens is 2. The van der Waals surface area contributed by atoms with Crippen molar-refractivity contribution < 1.29 is 19.1 Å². The molecule has 178 valence electrons. The van der Waals surface area contributed by atoms with Crippen molar-refractivity contribution in [2.24, 2.45) is 0 Å². The number of anilines is 1. The predicted octanol–water partition coefficient (Wildman–Crippen LogP) is 4.44. The normalized spacial score (nSPS) is 14.3. The second kappa shape index (κ2) is 10.3. The maximum Gasteiger partial charge on any atom is 0.305 e. The first-order chi connectivity index (χ1) is 16.4. The van der Waals surface area contributed by atoms with Crippen LogP contribution in [0.25, 0.3) is 11.0 Å². The number of nitrogens with one attached hydrogen (secondary N) is 2. The van der Waals surface area contributed by atoms with E-state index in [4.69, 9.17) is 16.3 Å². The highest BCUT2D eigenvalue weighted by atomic mass is 35.5. The molecular formula is C25H27ClN4O4. The molecule has 1 fully saturated rings. The topological polar surface area (TPSA) is 104 Å². The molecule has 1 aromatic heterocycles. The smallest absolute Gasteiger partial charge is 0.305 e. The summed E-state index contributed by atoms with van der Waals surface area (Å²) in [5.41, 5.74) is 3.38. The van der Waals surface area contributed by atoms with Gasteiger partial charge in [0.25, 0.3) is 5.91 Å². The minimum absolute atomic E-state index is 0.0183. The second-order valence-electron chi connectivity index (χ2n) is 8.47. The number of rotatable bonds is 7. The number of likely N-dealkylation sites (tertiary alicyclic amines) is 1. The first-order valence-corrected chi connectivity index (χ1v) is 11.7. The van der Waals surface area contributed by atoms with Crippen molar-refractivity contribution in [2.75, 3.05) is 25.5 Å². The Hall–Kier alpha value is -3.39. The van der Waals surface area contributed by atoms with Gasteiger partial charge in [-0.15, -0.1) is 0 Å². The lowest BCUT2D eigenvalue weighted by atomic mass is 10.0. The highest BCUT2D eigenvalue weighted by Gasteiger charge is 2.26. The van der Waals surface area contributed by atoms with E-state index in [1.54, 1.807) is 36.4 Å². The number of carbonyl (C=O) groups is 3. The Morgan fingerprint density at radius 1 is 1.18 bits per heavy atom. The SMILES string of the molecule is COC(=O)CCC(C(=O)Nc1ccc(C(=O)N2CCCC2)c(C)c1)c1nc2ccc(Cl)cc2[nH]1. The Morgan fingerprint density at radius 2 is 1.94 bits per heavy atom. The number of carbonyl (C=O) groups excluding carboxylic acids is 3. The van der Waals surface area contributed by atoms with E-state index in [2.05, 4.69) is 15.3 Å². The summed E-state index contributed by atoms with van der Waals surface area (Å²) in [6, 6.07) is 10.5. The molecule has 1 unspecified atom stereocenters. The number of aryl methyl sites for hydroxylation is 1. The van der Waals surface area contributed by atoms with Crippen LogP contribution in [0.5, 0.6) is 0 Å². The predicted molar refractivity (Wildman–Crippen MR) is 130 cm³/mol. The molecule has 8 nitrogen and oxygen atoms in total. The van der Waals surface area contributed by atoms with Gasteiger partial charge in [0.05, 0.1) is 24.1 Å². The summed E-state index contributed by atoms with van der Waals surface area (Å²) in [6.07, 6.45) is 2.34. The van der Waals surface area contributed by atoms with Gasteiger partial charge in [-0.3, -0.25) is 14.4 Å². The fourth-order valence-corrected chi connectivity index (χ4v) is 4.40. The molecule has 4 rings (SSSR count). The molecule has 0 spiro atoms. The largest absolute Gasteiger partial charge is 0.469 e. The average molecular weight is 483 g/mol. The van der Waals surface area contributed by atoms with Gasteiger partial charge in [-0.05, 0) is 68.1 Å². The Morgan fingerprint density at radius 3 is 2.65 bits per heavy atom. The third-order valence-electron chi connectivity index (χ3n) is 6.09. The van der Waals surface area contributed by atoms with Crippen LogP contribution >= 0.6 is 11.6 Å². The Kier molecular flexibility index (Phi) is 7.17. The number of aromatic amines is 1. The highest BCUT2D eigenvalue weighted by Crippen LogP contribution is 2.26. The number of imidazole rings is 1. The third kappa shape index (κ3) is 5.22. The van der Waals surface area contributed by atoms with E-state index >= 15 is 0 Å². The van der Waals surface area contributed by atoms with Crippen molar-refractivity contribution in [1.82, 2.24) is 14.9 Å². The highest BCUT2D eigenvalue weighted by molar-refractivity contribution is 6.31. The summed E-state index contributed by atoms with van der Waals surface area (Å²) in [4.78, 5) is 47.3. The molecule has 2 N–H and O–H groups in total. The Bertz CT molecular complexity index is 1230. The van der Waals surface area contributed by atoms with Crippen molar-refractivity contribution in [3.05, 3.63) is 58.4 Å². The van der Waals surface area contributed by atoms with E-state index in [1.165, 1.54) is 7.11 Å². The van der Waals surface area contributed by atoms with Gasteiger partial charge in [0.15, 0.2) is 0 Å². The monoisotopic (exact) mass is 482 g/mol. The van der Waals surface area contributed by atoms with Gasteiger partial charge in [-0.2, -0.15) is 0 Å². The Balaban J connectivity index is 1.55. The van der Waals surface area contributed by atoms with Crippen molar-refractivity contribution in [1.29, 1.82) is 0 Å². The van der Waals surface area contributed by atoms with Crippen LogP contribution in [-0.4, -0.2) is 52.9 Å². The molecule has 2 amide bonds. The fourth-order valence-electron chi connectivity index (χ4n) is 4.22. The van der Waals surface area contributed by atoms with Crippen LogP contribution in [0.4, 0.5) is 5.69 Å². The first-order valence-electron chi connectivity index (χ1n) is 11.3. The van der Waals surface area contributed by atoms with Crippen LogP contribution < -0.4 is 5.32 Å². The number of ether oxygens (including phenoxy) is 1. The van der Waals surface area contributed by atoms with Crippen LogP contribution in [0, 0.1) is 6.92 Å². The van der Waals surface area contributed by atoms with Gasteiger partial charge in [0.1, 0.15) is 5.82 Å². The summed E-state index contributed by atoms with van der Waals surface area (Å²) in [5.74, 6) is -0.970. The molecule has 1 saturated heterocycles. The maximum atomic E-state index is 13.3. The summed E-state index contributed by atoms with van der Waals surface area (Å²) in [7, 11) is 1.31. The zero-order valence-corrected chi connectivity index (χ0v) is 19.9. The number of halogens is 1. The van der Waals surface area contributed by atoms with E-state index in [9.17, 15) is 14.4 Å². The van der Waals surface area contributed by atoms with Gasteiger partial charge in [0, 0.05) is 35.8 Å². The molecule has 0 aliphatic carbocycles. The van der Waals surface area contributed by atoms with Gasteiger partial charge in [0.2, 0.25) is 5.91 Å². The number of esters is 1. The quantitative estimate of drug-likeness (QED) is 0.484. The third-order valence-corrected chi connectivity index (χ3v) is 6.33. The molecule has 1 aliphatic heterocycles. The molecular weight excluding hydrogens is 456 g/mol. The summed E-state index contributed by atoms with van der Waals surface area (Å²) in [5, 5.41) is 3.47. The summed E-state index contributed by atoms with van der Waals surface area (Å²) < 4.78 is 4.75. The molecule has 1 atom stereocenters. The minimum Gasteiger partial charge on any atom is -0.469 e. The van der Waals surface area contributed by atoms with Crippen LogP contribution in [-0.2, 0) is 14.3 Å². The molecule has 0 bridgehead atoms. The van der Waals surface area contributed by atoms with Gasteiger partial charge in [-0.25, -0.2) is 4.98 Å². The maximum absolute atomic E-state index is 13.3. The number of hydrogen-bond acceptors (Lipinski definition) is 5. The molecule has 2 aromatic carbocycles. The van der Waals surface area contributed by atoms with Crippen LogP contribution in [0.15, 0.2) is 36.4 Å². The molecule has 3 aromatic rings. The number of nitrogens with zero attached hydrogens (tertiary/aromatic N) is 2. The van der Waals surface area contributed by atoms with E-state index in [1.807, 2.05) is 11.8 Å². The molecule has 34 heavy (non-hydrogen) atoms. The fraction of sp³-hybridized carbons (Fsp3) is 0.360. The van der Waals surface area contributed by atoms with Gasteiger partial charge >= 0.3 is 5.97 Å². The number of amides is 2. The molecule has 0 radical (unpaired) electrons. The number of benzene rings is 2. The van der Waals surface area contributed by atoms with Crippen LogP contribution in [0.3, 0.4) is 0 Å². The molecule has 0 saturated carbocycles. The molecule has 1 aliphatic rings.